The largest absolute Gasteiger partial charge is 0.508 e. The van der Waals surface area contributed by atoms with E-state index in [1.807, 2.05) is 35.2 Å². The highest BCUT2D eigenvalue weighted by Crippen LogP contribution is 2.18. The monoisotopic (exact) mass is 453 g/mol. The van der Waals surface area contributed by atoms with Gasteiger partial charge in [0.15, 0.2) is 0 Å². The summed E-state index contributed by atoms with van der Waals surface area (Å²) in [6, 6.07) is 15.5. The number of carbonyl (C=O) groups excluding carboxylic acids is 2. The molecular weight excluding hydrogens is 418 g/mol. The zero-order valence-corrected chi connectivity index (χ0v) is 19.3. The SMILES string of the molecule is CC1CCN(C(=O)C(Cc2ccc(O)cc2)NC(=O)N(CCO)CCc2ccccc2)CC1. The molecule has 0 radical (unpaired) electrons. The number of hydrogen-bond donors (Lipinski definition) is 3. The quantitative estimate of drug-likeness (QED) is 0.544. The maximum atomic E-state index is 13.4. The van der Waals surface area contributed by atoms with Crippen molar-refractivity contribution in [2.24, 2.45) is 5.92 Å². The Bertz CT molecular complexity index is 880. The second-order valence-electron chi connectivity index (χ2n) is 8.83. The topological polar surface area (TPSA) is 93.1 Å². The zero-order valence-electron chi connectivity index (χ0n) is 19.3. The normalized spacial score (nSPS) is 15.2. The molecule has 1 atom stereocenters. The average molecular weight is 454 g/mol. The number of phenolic OH excluding ortho intramolecular Hbond substituents is 1. The molecule has 3 amide bonds. The van der Waals surface area contributed by atoms with Crippen molar-refractivity contribution in [3.05, 3.63) is 65.7 Å². The maximum Gasteiger partial charge on any atom is 0.318 e. The Balaban J connectivity index is 1.70. The number of nitrogens with one attached hydrogen (secondary N) is 1. The lowest BCUT2D eigenvalue weighted by molar-refractivity contribution is -0.134. The molecule has 1 heterocycles. The van der Waals surface area contributed by atoms with Crippen molar-refractivity contribution in [2.75, 3.05) is 32.8 Å². The molecule has 0 aromatic heterocycles. The molecule has 0 bridgehead atoms. The van der Waals surface area contributed by atoms with Gasteiger partial charge in [0.05, 0.1) is 6.61 Å². The molecule has 0 saturated carbocycles. The molecule has 1 aliphatic rings. The van der Waals surface area contributed by atoms with Gasteiger partial charge in [-0.2, -0.15) is 0 Å². The van der Waals surface area contributed by atoms with Crippen molar-refractivity contribution >= 4 is 11.9 Å². The van der Waals surface area contributed by atoms with Crippen molar-refractivity contribution in [3.8, 4) is 5.75 Å². The van der Waals surface area contributed by atoms with Crippen LogP contribution in [0.4, 0.5) is 4.79 Å². The van der Waals surface area contributed by atoms with E-state index in [0.717, 1.165) is 24.0 Å². The lowest BCUT2D eigenvalue weighted by atomic mass is 9.97. The van der Waals surface area contributed by atoms with Crippen LogP contribution in [-0.4, -0.2) is 70.8 Å². The summed E-state index contributed by atoms with van der Waals surface area (Å²) in [5.74, 6) is 0.665. The van der Waals surface area contributed by atoms with E-state index in [2.05, 4.69) is 12.2 Å². The van der Waals surface area contributed by atoms with Crippen LogP contribution in [0.3, 0.4) is 0 Å². The number of hydrogen-bond acceptors (Lipinski definition) is 4. The van der Waals surface area contributed by atoms with E-state index < -0.39 is 6.04 Å². The van der Waals surface area contributed by atoms with Crippen LogP contribution in [0.5, 0.6) is 5.75 Å². The van der Waals surface area contributed by atoms with Gasteiger partial charge in [-0.25, -0.2) is 4.79 Å². The van der Waals surface area contributed by atoms with Crippen LogP contribution < -0.4 is 5.32 Å². The molecule has 2 aromatic rings. The third-order valence-corrected chi connectivity index (χ3v) is 6.24. The van der Waals surface area contributed by atoms with Gasteiger partial charge in [0.1, 0.15) is 11.8 Å². The summed E-state index contributed by atoms with van der Waals surface area (Å²) in [6.07, 6.45) is 2.91. The predicted octanol–water partition coefficient (Wildman–Crippen LogP) is 2.81. The highest BCUT2D eigenvalue weighted by molar-refractivity contribution is 5.87. The van der Waals surface area contributed by atoms with Crippen LogP contribution in [0.25, 0.3) is 0 Å². The minimum Gasteiger partial charge on any atom is -0.508 e. The van der Waals surface area contributed by atoms with Gasteiger partial charge in [-0.15, -0.1) is 0 Å². The van der Waals surface area contributed by atoms with E-state index in [1.165, 1.54) is 0 Å². The number of aliphatic hydroxyl groups is 1. The first kappa shape index (κ1) is 24.6. The van der Waals surface area contributed by atoms with Gasteiger partial charge in [-0.05, 0) is 48.4 Å². The Morgan fingerprint density at radius 1 is 1.03 bits per heavy atom. The summed E-state index contributed by atoms with van der Waals surface area (Å²) >= 11 is 0. The van der Waals surface area contributed by atoms with Crippen molar-refractivity contribution in [2.45, 2.75) is 38.6 Å². The fourth-order valence-electron chi connectivity index (χ4n) is 4.10. The predicted molar refractivity (Wildman–Crippen MR) is 128 cm³/mol. The van der Waals surface area contributed by atoms with Gasteiger partial charge in [0.2, 0.25) is 5.91 Å². The molecular formula is C26H35N3O4. The first-order valence-electron chi connectivity index (χ1n) is 11.7. The maximum absolute atomic E-state index is 13.4. The lowest BCUT2D eigenvalue weighted by Crippen LogP contribution is -2.55. The Labute approximate surface area is 196 Å². The van der Waals surface area contributed by atoms with Crippen LogP contribution in [0.2, 0.25) is 0 Å². The highest BCUT2D eigenvalue weighted by Gasteiger charge is 2.29. The van der Waals surface area contributed by atoms with E-state index in [1.54, 1.807) is 29.2 Å². The summed E-state index contributed by atoms with van der Waals surface area (Å²) < 4.78 is 0. The lowest BCUT2D eigenvalue weighted by Gasteiger charge is -2.34. The molecule has 0 aliphatic carbocycles. The molecule has 178 valence electrons. The van der Waals surface area contributed by atoms with Crippen molar-refractivity contribution < 1.29 is 19.8 Å². The molecule has 1 fully saturated rings. The van der Waals surface area contributed by atoms with E-state index >= 15 is 0 Å². The van der Waals surface area contributed by atoms with E-state index in [4.69, 9.17) is 0 Å². The van der Waals surface area contributed by atoms with Gasteiger partial charge >= 0.3 is 6.03 Å². The summed E-state index contributed by atoms with van der Waals surface area (Å²) in [5, 5.41) is 22.0. The number of aliphatic hydroxyl groups excluding tert-OH is 1. The highest BCUT2D eigenvalue weighted by atomic mass is 16.3. The number of piperidine rings is 1. The molecule has 7 nitrogen and oxygen atoms in total. The first-order valence-corrected chi connectivity index (χ1v) is 11.7. The van der Waals surface area contributed by atoms with Crippen LogP contribution in [-0.2, 0) is 17.6 Å². The molecule has 3 N–H and O–H groups in total. The number of likely N-dealkylation sites (tertiary alicyclic amines) is 1. The first-order chi connectivity index (χ1) is 16.0. The number of benzene rings is 2. The third-order valence-electron chi connectivity index (χ3n) is 6.24. The Hall–Kier alpha value is -3.06. The minimum absolute atomic E-state index is 0.0877. The average Bonchev–Trinajstić information content (AvgIpc) is 2.83. The van der Waals surface area contributed by atoms with Gasteiger partial charge < -0.3 is 25.3 Å². The molecule has 0 spiro atoms. The molecule has 33 heavy (non-hydrogen) atoms. The fourth-order valence-corrected chi connectivity index (χ4v) is 4.10. The Morgan fingerprint density at radius 3 is 2.33 bits per heavy atom. The standard InChI is InChI=1S/C26H35N3O4/c1-20-11-14-28(15-12-20)25(32)24(19-22-7-9-23(31)10-8-22)27-26(33)29(17-18-30)16-13-21-5-3-2-4-6-21/h2-10,20,24,30-31H,11-19H2,1H3,(H,27,33). The van der Waals surface area contributed by atoms with Crippen LogP contribution in [0, 0.1) is 5.92 Å². The van der Waals surface area contributed by atoms with Gasteiger partial charge in [-0.3, -0.25) is 4.79 Å². The number of phenols is 1. The van der Waals surface area contributed by atoms with Crippen LogP contribution in [0.15, 0.2) is 54.6 Å². The van der Waals surface area contributed by atoms with Crippen LogP contribution >= 0.6 is 0 Å². The number of rotatable bonds is 9. The van der Waals surface area contributed by atoms with Gasteiger partial charge in [0.25, 0.3) is 0 Å². The summed E-state index contributed by atoms with van der Waals surface area (Å²) in [7, 11) is 0. The summed E-state index contributed by atoms with van der Waals surface area (Å²) in [4.78, 5) is 29.9. The molecule has 1 unspecified atom stereocenters. The summed E-state index contributed by atoms with van der Waals surface area (Å²) in [6.45, 7) is 4.06. The Morgan fingerprint density at radius 2 is 1.70 bits per heavy atom. The second-order valence-corrected chi connectivity index (χ2v) is 8.83. The fraction of sp³-hybridized carbons (Fsp3) is 0.462. The summed E-state index contributed by atoms with van der Waals surface area (Å²) in [5.41, 5.74) is 1.96. The van der Waals surface area contributed by atoms with Crippen molar-refractivity contribution in [1.29, 1.82) is 0 Å². The number of nitrogens with zero attached hydrogens (tertiary/aromatic N) is 2. The van der Waals surface area contributed by atoms with Crippen molar-refractivity contribution in [1.82, 2.24) is 15.1 Å². The van der Waals surface area contributed by atoms with Crippen LogP contribution in [0.1, 0.15) is 30.9 Å². The minimum atomic E-state index is -0.714. The van der Waals surface area contributed by atoms with Gasteiger partial charge in [0, 0.05) is 32.6 Å². The molecule has 3 rings (SSSR count). The van der Waals surface area contributed by atoms with E-state index in [-0.39, 0.29) is 30.8 Å². The number of amides is 3. The molecule has 1 saturated heterocycles. The molecule has 2 aromatic carbocycles. The number of carbonyl (C=O) groups is 2. The Kier molecular flexibility index (Phi) is 9.13. The van der Waals surface area contributed by atoms with Gasteiger partial charge in [-0.1, -0.05) is 49.4 Å². The van der Waals surface area contributed by atoms with E-state index in [0.29, 0.717) is 38.4 Å². The number of urea groups is 1. The molecule has 7 heteroatoms. The molecule has 1 aliphatic heterocycles. The smallest absolute Gasteiger partial charge is 0.318 e. The van der Waals surface area contributed by atoms with Crippen molar-refractivity contribution in [3.63, 3.8) is 0 Å². The second kappa shape index (κ2) is 12.3. The zero-order chi connectivity index (χ0) is 23.6. The van der Waals surface area contributed by atoms with E-state index in [9.17, 15) is 19.8 Å². The number of aromatic hydroxyl groups is 1. The third kappa shape index (κ3) is 7.49.